The van der Waals surface area contributed by atoms with Crippen LogP contribution in [-0.4, -0.2) is 46.0 Å². The van der Waals surface area contributed by atoms with E-state index in [9.17, 15) is 13.2 Å². The molecule has 10 heteroatoms. The molecule has 0 spiro atoms. The van der Waals surface area contributed by atoms with Gasteiger partial charge in [0.25, 0.3) is 0 Å². The van der Waals surface area contributed by atoms with Crippen LogP contribution >= 0.6 is 35.0 Å². The van der Waals surface area contributed by atoms with Gasteiger partial charge in [-0.05, 0) is 36.8 Å². The highest BCUT2D eigenvalue weighted by Crippen LogP contribution is 2.31. The summed E-state index contributed by atoms with van der Waals surface area (Å²) in [7, 11) is -2.25. The maximum atomic E-state index is 12.6. The Morgan fingerprint density at radius 1 is 1.20 bits per heavy atom. The van der Waals surface area contributed by atoms with Gasteiger partial charge in [0, 0.05) is 23.1 Å². The molecular formula is C20H24Cl2N2O4S2. The zero-order valence-corrected chi connectivity index (χ0v) is 20.0. The SMILES string of the molecule is COc1ccc(N([C@@H](C)C(=O)NCCSCc2ccccc2Cl)S(C)(=O)=O)cc1Cl. The number of thioether (sulfide) groups is 1. The highest BCUT2D eigenvalue weighted by Gasteiger charge is 2.29. The van der Waals surface area contributed by atoms with Gasteiger partial charge in [-0.3, -0.25) is 9.10 Å². The number of carbonyl (C=O) groups is 1. The third kappa shape index (κ3) is 6.70. The molecule has 0 radical (unpaired) electrons. The second-order valence-electron chi connectivity index (χ2n) is 6.49. The van der Waals surface area contributed by atoms with Crippen molar-refractivity contribution in [3.63, 3.8) is 0 Å². The van der Waals surface area contributed by atoms with Crippen LogP contribution in [0.2, 0.25) is 10.0 Å². The molecule has 0 saturated heterocycles. The largest absolute Gasteiger partial charge is 0.495 e. The summed E-state index contributed by atoms with van der Waals surface area (Å²) in [4.78, 5) is 12.6. The van der Waals surface area contributed by atoms with E-state index in [1.54, 1.807) is 23.9 Å². The van der Waals surface area contributed by atoms with Gasteiger partial charge in [-0.1, -0.05) is 41.4 Å². The van der Waals surface area contributed by atoms with Crippen LogP contribution in [0.25, 0.3) is 0 Å². The zero-order chi connectivity index (χ0) is 22.3. The highest BCUT2D eigenvalue weighted by molar-refractivity contribution is 7.98. The van der Waals surface area contributed by atoms with Crippen molar-refractivity contribution in [2.45, 2.75) is 18.7 Å². The maximum absolute atomic E-state index is 12.6. The third-order valence-electron chi connectivity index (χ3n) is 4.24. The van der Waals surface area contributed by atoms with Crippen molar-refractivity contribution in [3.05, 3.63) is 58.1 Å². The smallest absolute Gasteiger partial charge is 0.243 e. The van der Waals surface area contributed by atoms with Crippen LogP contribution in [0, 0.1) is 0 Å². The average Bonchev–Trinajstić information content (AvgIpc) is 2.68. The molecule has 0 unspecified atom stereocenters. The van der Waals surface area contributed by atoms with E-state index in [2.05, 4.69) is 5.32 Å². The Kier molecular flexibility index (Phi) is 9.15. The Bertz CT molecular complexity index is 987. The molecule has 1 amide bonds. The second kappa shape index (κ2) is 11.1. The molecule has 0 bridgehead atoms. The van der Waals surface area contributed by atoms with Gasteiger partial charge in [0.2, 0.25) is 15.9 Å². The van der Waals surface area contributed by atoms with Gasteiger partial charge >= 0.3 is 0 Å². The molecule has 0 heterocycles. The molecular weight excluding hydrogens is 467 g/mol. The van der Waals surface area contributed by atoms with Crippen molar-refractivity contribution in [1.82, 2.24) is 5.32 Å². The number of halogens is 2. The van der Waals surface area contributed by atoms with Crippen LogP contribution in [0.4, 0.5) is 5.69 Å². The summed E-state index contributed by atoms with van der Waals surface area (Å²) in [5, 5.41) is 3.76. The van der Waals surface area contributed by atoms with Gasteiger partial charge in [-0.15, -0.1) is 0 Å². The minimum absolute atomic E-state index is 0.257. The summed E-state index contributed by atoms with van der Waals surface area (Å²) in [6.07, 6.45) is 1.05. The van der Waals surface area contributed by atoms with Crippen LogP contribution in [0.3, 0.4) is 0 Å². The molecule has 30 heavy (non-hydrogen) atoms. The first-order valence-corrected chi connectivity index (χ1v) is 12.8. The highest BCUT2D eigenvalue weighted by atomic mass is 35.5. The lowest BCUT2D eigenvalue weighted by molar-refractivity contribution is -0.121. The molecule has 2 aromatic rings. The summed E-state index contributed by atoms with van der Waals surface area (Å²) < 4.78 is 30.9. The van der Waals surface area contributed by atoms with Gasteiger partial charge in [0.1, 0.15) is 11.8 Å². The monoisotopic (exact) mass is 490 g/mol. The number of benzene rings is 2. The van der Waals surface area contributed by atoms with E-state index in [0.29, 0.717) is 28.8 Å². The summed E-state index contributed by atoms with van der Waals surface area (Å²) in [6, 6.07) is 11.2. The average molecular weight is 491 g/mol. The number of hydrogen-bond acceptors (Lipinski definition) is 5. The third-order valence-corrected chi connectivity index (χ3v) is 7.15. The van der Waals surface area contributed by atoms with Gasteiger partial charge in [-0.25, -0.2) is 8.42 Å². The lowest BCUT2D eigenvalue weighted by atomic mass is 10.2. The molecule has 164 valence electrons. The minimum atomic E-state index is -3.72. The fourth-order valence-corrected chi connectivity index (χ4v) is 5.36. The zero-order valence-electron chi connectivity index (χ0n) is 16.9. The molecule has 6 nitrogen and oxygen atoms in total. The van der Waals surface area contributed by atoms with E-state index >= 15 is 0 Å². The lowest BCUT2D eigenvalue weighted by Crippen LogP contribution is -2.48. The molecule has 0 saturated carbocycles. The van der Waals surface area contributed by atoms with Crippen LogP contribution in [0.1, 0.15) is 12.5 Å². The number of anilines is 1. The van der Waals surface area contributed by atoms with Gasteiger partial charge < -0.3 is 10.1 Å². The number of sulfonamides is 1. The normalized spacial score (nSPS) is 12.3. The molecule has 0 fully saturated rings. The first kappa shape index (κ1) is 24.7. The number of methoxy groups -OCH3 is 1. The van der Waals surface area contributed by atoms with E-state index in [1.807, 2.05) is 24.3 Å². The Morgan fingerprint density at radius 3 is 2.50 bits per heavy atom. The van der Waals surface area contributed by atoms with E-state index in [1.165, 1.54) is 20.1 Å². The van der Waals surface area contributed by atoms with Gasteiger partial charge in [0.15, 0.2) is 0 Å². The number of amides is 1. The Morgan fingerprint density at radius 2 is 1.90 bits per heavy atom. The molecule has 0 aliphatic heterocycles. The molecule has 0 aromatic heterocycles. The number of nitrogens with one attached hydrogen (secondary N) is 1. The topological polar surface area (TPSA) is 75.7 Å². The molecule has 2 aromatic carbocycles. The van der Waals surface area contributed by atoms with Crippen molar-refractivity contribution in [2.24, 2.45) is 0 Å². The predicted octanol–water partition coefficient (Wildman–Crippen LogP) is 4.21. The Balaban J connectivity index is 1.97. The van der Waals surface area contributed by atoms with Crippen LogP contribution in [0.15, 0.2) is 42.5 Å². The number of nitrogens with zero attached hydrogens (tertiary/aromatic N) is 1. The first-order chi connectivity index (χ1) is 14.1. The minimum Gasteiger partial charge on any atom is -0.495 e. The van der Waals surface area contributed by atoms with Crippen LogP contribution in [0.5, 0.6) is 5.75 Å². The second-order valence-corrected chi connectivity index (χ2v) is 10.3. The van der Waals surface area contributed by atoms with E-state index in [0.717, 1.165) is 21.9 Å². The van der Waals surface area contributed by atoms with E-state index in [4.69, 9.17) is 27.9 Å². The van der Waals surface area contributed by atoms with Gasteiger partial charge in [0.05, 0.1) is 24.1 Å². The number of rotatable bonds is 10. The standard InChI is InChI=1S/C20H24Cl2N2O4S2/c1-14(20(25)23-10-11-29-13-15-6-4-5-7-17(15)21)24(30(3,26)27)16-8-9-19(28-2)18(22)12-16/h4-9,12,14H,10-11,13H2,1-3H3,(H,23,25)/t14-/m0/s1. The molecule has 1 atom stereocenters. The van der Waals surface area contributed by atoms with Crippen molar-refractivity contribution in [3.8, 4) is 5.75 Å². The fraction of sp³-hybridized carbons (Fsp3) is 0.350. The summed E-state index contributed by atoms with van der Waals surface area (Å²) in [5.74, 6) is 1.41. The maximum Gasteiger partial charge on any atom is 0.243 e. The summed E-state index contributed by atoms with van der Waals surface area (Å²) in [6.45, 7) is 1.94. The number of carbonyl (C=O) groups excluding carboxylic acids is 1. The van der Waals surface area contributed by atoms with Gasteiger partial charge in [-0.2, -0.15) is 11.8 Å². The summed E-state index contributed by atoms with van der Waals surface area (Å²) in [5.41, 5.74) is 1.32. The van der Waals surface area contributed by atoms with Crippen molar-refractivity contribution in [2.75, 3.05) is 30.0 Å². The number of hydrogen-bond donors (Lipinski definition) is 1. The van der Waals surface area contributed by atoms with Crippen molar-refractivity contribution >= 4 is 56.6 Å². The molecule has 2 rings (SSSR count). The fourth-order valence-electron chi connectivity index (χ4n) is 2.79. The quantitative estimate of drug-likeness (QED) is 0.504. The number of ether oxygens (including phenoxy) is 1. The van der Waals surface area contributed by atoms with Crippen molar-refractivity contribution < 1.29 is 17.9 Å². The Hall–Kier alpha value is -1.61. The molecule has 0 aliphatic carbocycles. The summed E-state index contributed by atoms with van der Waals surface area (Å²) >= 11 is 13.9. The molecule has 0 aliphatic rings. The van der Waals surface area contributed by atoms with Crippen molar-refractivity contribution in [1.29, 1.82) is 0 Å². The van der Waals surface area contributed by atoms with E-state index < -0.39 is 22.0 Å². The first-order valence-electron chi connectivity index (χ1n) is 9.07. The van der Waals surface area contributed by atoms with E-state index in [-0.39, 0.29) is 5.02 Å². The predicted molar refractivity (Wildman–Crippen MR) is 125 cm³/mol. The van der Waals surface area contributed by atoms with Crippen LogP contribution < -0.4 is 14.4 Å². The lowest BCUT2D eigenvalue weighted by Gasteiger charge is -2.28. The van der Waals surface area contributed by atoms with Crippen LogP contribution in [-0.2, 0) is 20.6 Å². The Labute approximate surface area is 191 Å². The molecule has 1 N–H and O–H groups in total.